The summed E-state index contributed by atoms with van der Waals surface area (Å²) in [4.78, 5) is 2.49. The van der Waals surface area contributed by atoms with Crippen LogP contribution in [0.2, 0.25) is 0 Å². The third kappa shape index (κ3) is 4.49. The van der Waals surface area contributed by atoms with Gasteiger partial charge in [-0.25, -0.2) is 0 Å². The zero-order valence-electron chi connectivity index (χ0n) is 28.7. The number of fused-ring (bicyclic) bond motifs is 6. The van der Waals surface area contributed by atoms with Gasteiger partial charge in [-0.3, -0.25) is 0 Å². The topological polar surface area (TPSA) is 3.24 Å². The van der Waals surface area contributed by atoms with Gasteiger partial charge in [0, 0.05) is 22.3 Å². The van der Waals surface area contributed by atoms with Crippen molar-refractivity contribution in [2.45, 2.75) is 5.41 Å². The number of hydrogen-bond acceptors (Lipinski definition) is 1. The minimum absolute atomic E-state index is 0.449. The summed E-state index contributed by atoms with van der Waals surface area (Å²) in [6, 6.07) is 77.7. The lowest BCUT2D eigenvalue weighted by Crippen LogP contribution is -2.28. The number of para-hydroxylation sites is 1. The molecular weight excluding hydrogens is 627 g/mol. The summed E-state index contributed by atoms with van der Waals surface area (Å²) in [5.74, 6) is 0. The van der Waals surface area contributed by atoms with Crippen LogP contribution in [0.5, 0.6) is 0 Å². The lowest BCUT2D eigenvalue weighted by Gasteiger charge is -2.34. The standard InChI is InChI=1S/C51H35N/c1-5-19-36(20-6-1)49-44-30-15-13-27-41(44)42-28-14-16-31-45(42)50(49)52(39-25-11-4-12-26-39)40-33-34-48-46(35-40)43-29-17-18-32-47(43)51(48,37-21-7-2-8-22-37)38-23-9-3-10-24-38/h1-35H. The van der Waals surface area contributed by atoms with Gasteiger partial charge in [-0.2, -0.15) is 0 Å². The first-order valence-electron chi connectivity index (χ1n) is 18.0. The summed E-state index contributed by atoms with van der Waals surface area (Å²) in [5.41, 5.74) is 13.1. The Labute approximate surface area is 304 Å². The number of anilines is 3. The molecule has 1 nitrogen and oxygen atoms in total. The van der Waals surface area contributed by atoms with Gasteiger partial charge >= 0.3 is 0 Å². The molecule has 0 bridgehead atoms. The van der Waals surface area contributed by atoms with E-state index in [1.165, 1.54) is 71.7 Å². The maximum atomic E-state index is 2.49. The molecule has 0 N–H and O–H groups in total. The van der Waals surface area contributed by atoms with Crippen molar-refractivity contribution >= 4 is 38.6 Å². The molecule has 0 amide bonds. The van der Waals surface area contributed by atoms with E-state index in [1.54, 1.807) is 0 Å². The highest BCUT2D eigenvalue weighted by molar-refractivity contribution is 6.22. The fraction of sp³-hybridized carbons (Fsp3) is 0.0196. The minimum atomic E-state index is -0.449. The Morgan fingerprint density at radius 3 is 1.46 bits per heavy atom. The van der Waals surface area contributed by atoms with Gasteiger partial charge in [0.15, 0.2) is 0 Å². The molecule has 0 unspecified atom stereocenters. The first-order chi connectivity index (χ1) is 25.8. The van der Waals surface area contributed by atoms with Gasteiger partial charge in [0.1, 0.15) is 0 Å². The molecule has 52 heavy (non-hydrogen) atoms. The summed E-state index contributed by atoms with van der Waals surface area (Å²) in [6.45, 7) is 0. The predicted molar refractivity (Wildman–Crippen MR) is 219 cm³/mol. The average molecular weight is 662 g/mol. The number of benzene rings is 9. The first-order valence-corrected chi connectivity index (χ1v) is 18.0. The molecule has 0 saturated carbocycles. The molecule has 10 rings (SSSR count). The van der Waals surface area contributed by atoms with Crippen LogP contribution in [0.15, 0.2) is 212 Å². The van der Waals surface area contributed by atoms with Crippen LogP contribution in [0.3, 0.4) is 0 Å². The van der Waals surface area contributed by atoms with Crippen molar-refractivity contribution in [3.8, 4) is 22.3 Å². The van der Waals surface area contributed by atoms with Crippen LogP contribution in [-0.4, -0.2) is 0 Å². The highest BCUT2D eigenvalue weighted by Crippen LogP contribution is 2.58. The molecule has 9 aromatic rings. The molecule has 0 saturated heterocycles. The normalized spacial score (nSPS) is 12.8. The maximum Gasteiger partial charge on any atom is 0.0713 e. The molecule has 0 aromatic heterocycles. The van der Waals surface area contributed by atoms with Gasteiger partial charge in [-0.1, -0.05) is 188 Å². The van der Waals surface area contributed by atoms with Crippen molar-refractivity contribution in [2.24, 2.45) is 0 Å². The molecule has 1 aliphatic rings. The first kappa shape index (κ1) is 30.2. The summed E-state index contributed by atoms with van der Waals surface area (Å²) in [6.07, 6.45) is 0. The van der Waals surface area contributed by atoms with Crippen molar-refractivity contribution in [3.63, 3.8) is 0 Å². The van der Waals surface area contributed by atoms with Gasteiger partial charge in [-0.05, 0) is 79.4 Å². The van der Waals surface area contributed by atoms with E-state index in [-0.39, 0.29) is 0 Å². The van der Waals surface area contributed by atoms with Crippen molar-refractivity contribution < 1.29 is 0 Å². The largest absolute Gasteiger partial charge is 0.309 e. The Bertz CT molecular complexity index is 2680. The van der Waals surface area contributed by atoms with E-state index < -0.39 is 5.41 Å². The Balaban J connectivity index is 1.32. The number of rotatable bonds is 6. The van der Waals surface area contributed by atoms with Gasteiger partial charge in [0.05, 0.1) is 11.1 Å². The Morgan fingerprint density at radius 1 is 0.327 bits per heavy atom. The quantitative estimate of drug-likeness (QED) is 0.160. The molecule has 1 heteroatoms. The monoisotopic (exact) mass is 661 g/mol. The van der Waals surface area contributed by atoms with Crippen molar-refractivity contribution in [1.29, 1.82) is 0 Å². The SMILES string of the molecule is c1ccc(-c2c(N(c3ccccc3)c3ccc4c(c3)-c3ccccc3C4(c3ccccc3)c3ccccc3)c3ccccc3c3ccccc23)cc1. The third-order valence-corrected chi connectivity index (χ3v) is 10.9. The maximum absolute atomic E-state index is 2.49. The zero-order valence-corrected chi connectivity index (χ0v) is 28.7. The van der Waals surface area contributed by atoms with E-state index in [2.05, 4.69) is 217 Å². The number of hydrogen-bond donors (Lipinski definition) is 0. The van der Waals surface area contributed by atoms with Crippen LogP contribution < -0.4 is 4.90 Å². The van der Waals surface area contributed by atoms with E-state index in [1.807, 2.05) is 0 Å². The lowest BCUT2D eigenvalue weighted by molar-refractivity contribution is 0.768. The third-order valence-electron chi connectivity index (χ3n) is 10.9. The highest BCUT2D eigenvalue weighted by atomic mass is 15.1. The van der Waals surface area contributed by atoms with Crippen LogP contribution in [0.4, 0.5) is 17.1 Å². The summed E-state index contributed by atoms with van der Waals surface area (Å²) < 4.78 is 0. The van der Waals surface area contributed by atoms with E-state index in [0.717, 1.165) is 11.4 Å². The van der Waals surface area contributed by atoms with Crippen LogP contribution >= 0.6 is 0 Å². The van der Waals surface area contributed by atoms with Crippen molar-refractivity contribution in [2.75, 3.05) is 4.90 Å². The van der Waals surface area contributed by atoms with Crippen LogP contribution in [-0.2, 0) is 5.41 Å². The predicted octanol–water partition coefficient (Wildman–Crippen LogP) is 13.5. The van der Waals surface area contributed by atoms with Crippen molar-refractivity contribution in [3.05, 3.63) is 235 Å². The molecule has 0 radical (unpaired) electrons. The van der Waals surface area contributed by atoms with E-state index in [4.69, 9.17) is 0 Å². The second-order valence-corrected chi connectivity index (χ2v) is 13.6. The average Bonchev–Trinajstić information content (AvgIpc) is 3.53. The van der Waals surface area contributed by atoms with E-state index >= 15 is 0 Å². The molecule has 0 atom stereocenters. The Hall–Kier alpha value is -6.70. The highest BCUT2D eigenvalue weighted by Gasteiger charge is 2.46. The summed E-state index contributed by atoms with van der Waals surface area (Å²) in [5, 5.41) is 4.95. The fourth-order valence-corrected chi connectivity index (χ4v) is 8.81. The van der Waals surface area contributed by atoms with Gasteiger partial charge in [-0.15, -0.1) is 0 Å². The van der Waals surface area contributed by atoms with E-state index in [9.17, 15) is 0 Å². The molecule has 0 aliphatic heterocycles. The minimum Gasteiger partial charge on any atom is -0.309 e. The van der Waals surface area contributed by atoms with Crippen molar-refractivity contribution in [1.82, 2.24) is 0 Å². The zero-order chi connectivity index (χ0) is 34.5. The smallest absolute Gasteiger partial charge is 0.0713 e. The molecule has 1 aliphatic carbocycles. The molecule has 244 valence electrons. The van der Waals surface area contributed by atoms with Gasteiger partial charge in [0.25, 0.3) is 0 Å². The summed E-state index contributed by atoms with van der Waals surface area (Å²) in [7, 11) is 0. The Kier molecular flexibility index (Phi) is 7.11. The number of nitrogens with zero attached hydrogens (tertiary/aromatic N) is 1. The summed E-state index contributed by atoms with van der Waals surface area (Å²) >= 11 is 0. The molecule has 0 heterocycles. The van der Waals surface area contributed by atoms with Gasteiger partial charge in [0.2, 0.25) is 0 Å². The Morgan fingerprint density at radius 2 is 0.808 bits per heavy atom. The van der Waals surface area contributed by atoms with Crippen LogP contribution in [0.25, 0.3) is 43.8 Å². The molecule has 0 spiro atoms. The second kappa shape index (κ2) is 12.3. The van der Waals surface area contributed by atoms with Crippen LogP contribution in [0.1, 0.15) is 22.3 Å². The lowest BCUT2D eigenvalue weighted by atomic mass is 9.68. The van der Waals surface area contributed by atoms with E-state index in [0.29, 0.717) is 0 Å². The fourth-order valence-electron chi connectivity index (χ4n) is 8.81. The second-order valence-electron chi connectivity index (χ2n) is 13.6. The van der Waals surface area contributed by atoms with Gasteiger partial charge < -0.3 is 4.90 Å². The van der Waals surface area contributed by atoms with Crippen LogP contribution in [0, 0.1) is 0 Å². The molecule has 9 aromatic carbocycles. The molecular formula is C51H35N. The molecule has 0 fully saturated rings.